The molecule has 0 aliphatic rings. The second-order valence-electron chi connectivity index (χ2n) is 6.13. The van der Waals surface area contributed by atoms with E-state index in [2.05, 4.69) is 5.32 Å². The molecule has 0 saturated heterocycles. The van der Waals surface area contributed by atoms with Gasteiger partial charge in [0.15, 0.2) is 5.78 Å². The fourth-order valence-corrected chi connectivity index (χ4v) is 2.56. The number of nitrogens with two attached hydrogens (primary N) is 1. The first-order valence-corrected chi connectivity index (χ1v) is 8.00. The molecule has 0 aliphatic carbocycles. The van der Waals surface area contributed by atoms with Gasteiger partial charge in [-0.1, -0.05) is 38.1 Å². The third-order valence-electron chi connectivity index (χ3n) is 3.91. The number of Topliss-reactive ketones (excluding diaryl/α,β-unsaturated/α-hetero) is 1. The lowest BCUT2D eigenvalue weighted by molar-refractivity contribution is 0.0988. The molecule has 2 aromatic carbocycles. The van der Waals surface area contributed by atoms with Crippen LogP contribution in [0, 0.1) is 0 Å². The molecule has 5 heteroatoms. The molecular formula is C19H24N2O3. The Morgan fingerprint density at radius 2 is 1.83 bits per heavy atom. The van der Waals surface area contributed by atoms with Gasteiger partial charge in [0.2, 0.25) is 0 Å². The van der Waals surface area contributed by atoms with Crippen molar-refractivity contribution in [3.8, 4) is 11.5 Å². The molecule has 2 rings (SSSR count). The number of carbonyl (C=O) groups excluding carboxylic acids is 1. The highest BCUT2D eigenvalue weighted by Gasteiger charge is 2.16. The molecule has 24 heavy (non-hydrogen) atoms. The molecule has 128 valence electrons. The van der Waals surface area contributed by atoms with Crippen LogP contribution in [0.15, 0.2) is 36.4 Å². The van der Waals surface area contributed by atoms with Crippen molar-refractivity contribution >= 4 is 5.78 Å². The number of aromatic hydroxyl groups is 2. The zero-order valence-corrected chi connectivity index (χ0v) is 14.0. The summed E-state index contributed by atoms with van der Waals surface area (Å²) in [6.45, 7) is 4.95. The number of carbonyl (C=O) groups is 1. The number of nitrogens with one attached hydrogen (secondary N) is 1. The Morgan fingerprint density at radius 1 is 1.12 bits per heavy atom. The summed E-state index contributed by atoms with van der Waals surface area (Å²) in [5.41, 5.74) is 8.57. The summed E-state index contributed by atoms with van der Waals surface area (Å²) >= 11 is 0. The highest BCUT2D eigenvalue weighted by molar-refractivity contribution is 6.00. The monoisotopic (exact) mass is 328 g/mol. The van der Waals surface area contributed by atoms with E-state index < -0.39 is 0 Å². The number of hydrogen-bond donors (Lipinski definition) is 4. The molecular weight excluding hydrogens is 304 g/mol. The van der Waals surface area contributed by atoms with Gasteiger partial charge in [0.1, 0.15) is 11.5 Å². The Hall–Kier alpha value is -2.37. The van der Waals surface area contributed by atoms with Crippen LogP contribution in [0.3, 0.4) is 0 Å². The van der Waals surface area contributed by atoms with Gasteiger partial charge in [-0.25, -0.2) is 0 Å². The van der Waals surface area contributed by atoms with Crippen LogP contribution in [0.25, 0.3) is 0 Å². The molecule has 2 aromatic rings. The number of ketones is 1. The maximum atomic E-state index is 12.3. The van der Waals surface area contributed by atoms with E-state index in [1.54, 1.807) is 6.07 Å². The smallest absolute Gasteiger partial charge is 0.180 e. The molecule has 0 fully saturated rings. The van der Waals surface area contributed by atoms with Crippen molar-refractivity contribution in [1.29, 1.82) is 0 Å². The van der Waals surface area contributed by atoms with Gasteiger partial charge in [-0.15, -0.1) is 0 Å². The van der Waals surface area contributed by atoms with E-state index in [4.69, 9.17) is 5.73 Å². The van der Waals surface area contributed by atoms with Crippen LogP contribution >= 0.6 is 0 Å². The summed E-state index contributed by atoms with van der Waals surface area (Å²) in [5.74, 6) is -0.354. The number of phenols is 2. The first-order valence-electron chi connectivity index (χ1n) is 8.00. The Bertz CT molecular complexity index is 727. The fraction of sp³-hybridized carbons (Fsp3) is 0.316. The topological polar surface area (TPSA) is 95.6 Å². The highest BCUT2D eigenvalue weighted by Crippen LogP contribution is 2.32. The molecule has 0 amide bonds. The van der Waals surface area contributed by atoms with Crippen LogP contribution in [0.1, 0.15) is 46.8 Å². The molecule has 0 radical (unpaired) electrons. The molecule has 0 spiro atoms. The summed E-state index contributed by atoms with van der Waals surface area (Å²) in [7, 11) is 0. The van der Waals surface area contributed by atoms with Gasteiger partial charge in [0, 0.05) is 19.2 Å². The van der Waals surface area contributed by atoms with E-state index in [0.29, 0.717) is 18.7 Å². The van der Waals surface area contributed by atoms with E-state index in [-0.39, 0.29) is 35.3 Å². The highest BCUT2D eigenvalue weighted by atomic mass is 16.3. The van der Waals surface area contributed by atoms with Gasteiger partial charge in [-0.2, -0.15) is 0 Å². The maximum absolute atomic E-state index is 12.3. The van der Waals surface area contributed by atoms with E-state index in [1.165, 1.54) is 6.07 Å². The van der Waals surface area contributed by atoms with Gasteiger partial charge in [0.05, 0.1) is 12.1 Å². The summed E-state index contributed by atoms with van der Waals surface area (Å²) in [4.78, 5) is 12.3. The maximum Gasteiger partial charge on any atom is 0.180 e. The Labute approximate surface area is 142 Å². The van der Waals surface area contributed by atoms with Crippen LogP contribution in [0.5, 0.6) is 11.5 Å². The minimum absolute atomic E-state index is 0.00519. The van der Waals surface area contributed by atoms with E-state index >= 15 is 0 Å². The van der Waals surface area contributed by atoms with Gasteiger partial charge in [0.25, 0.3) is 0 Å². The minimum atomic E-state index is -0.218. The molecule has 0 saturated carbocycles. The quantitative estimate of drug-likeness (QED) is 0.586. The number of rotatable bonds is 7. The average Bonchev–Trinajstić information content (AvgIpc) is 2.54. The Balaban J connectivity index is 2.03. The Kier molecular flexibility index (Phi) is 5.95. The summed E-state index contributed by atoms with van der Waals surface area (Å²) in [6.07, 6.45) is 0. The average molecular weight is 328 g/mol. The van der Waals surface area contributed by atoms with Crippen molar-refractivity contribution in [2.24, 2.45) is 5.73 Å². The third kappa shape index (κ3) is 4.34. The number of phenolic OH excluding ortho intramolecular Hbond substituents is 2. The Morgan fingerprint density at radius 3 is 2.50 bits per heavy atom. The van der Waals surface area contributed by atoms with Crippen LogP contribution in [0.2, 0.25) is 0 Å². The summed E-state index contributed by atoms with van der Waals surface area (Å²) in [5, 5.41) is 22.9. The molecule has 0 aromatic heterocycles. The lowest BCUT2D eigenvalue weighted by atomic mass is 9.97. The minimum Gasteiger partial charge on any atom is -0.508 e. The molecule has 0 unspecified atom stereocenters. The second-order valence-corrected chi connectivity index (χ2v) is 6.13. The zero-order chi connectivity index (χ0) is 17.7. The molecule has 0 aliphatic heterocycles. The summed E-state index contributed by atoms with van der Waals surface area (Å²) < 4.78 is 0. The lowest BCUT2D eigenvalue weighted by Crippen LogP contribution is -2.23. The van der Waals surface area contributed by atoms with Crippen LogP contribution in [0.4, 0.5) is 0 Å². The van der Waals surface area contributed by atoms with Crippen molar-refractivity contribution in [3.05, 3.63) is 58.7 Å². The van der Waals surface area contributed by atoms with Gasteiger partial charge in [-0.3, -0.25) is 4.79 Å². The molecule has 0 atom stereocenters. The van der Waals surface area contributed by atoms with Crippen LogP contribution in [-0.4, -0.2) is 22.5 Å². The molecule has 5 N–H and O–H groups in total. The second kappa shape index (κ2) is 7.95. The van der Waals surface area contributed by atoms with Gasteiger partial charge >= 0.3 is 0 Å². The molecule has 0 heterocycles. The molecule has 0 bridgehead atoms. The van der Waals surface area contributed by atoms with E-state index in [0.717, 1.165) is 11.1 Å². The third-order valence-corrected chi connectivity index (χ3v) is 3.91. The van der Waals surface area contributed by atoms with Gasteiger partial charge in [-0.05, 0) is 28.7 Å². The van der Waals surface area contributed by atoms with Crippen molar-refractivity contribution in [1.82, 2.24) is 5.32 Å². The van der Waals surface area contributed by atoms with E-state index in [9.17, 15) is 15.0 Å². The van der Waals surface area contributed by atoms with Crippen molar-refractivity contribution in [2.75, 3.05) is 6.54 Å². The van der Waals surface area contributed by atoms with Gasteiger partial charge < -0.3 is 21.3 Å². The van der Waals surface area contributed by atoms with Crippen molar-refractivity contribution in [3.63, 3.8) is 0 Å². The molecule has 5 nitrogen and oxygen atoms in total. The van der Waals surface area contributed by atoms with Crippen molar-refractivity contribution < 1.29 is 15.0 Å². The van der Waals surface area contributed by atoms with Crippen molar-refractivity contribution in [2.45, 2.75) is 32.9 Å². The first-order chi connectivity index (χ1) is 11.4. The lowest BCUT2D eigenvalue weighted by Gasteiger charge is -2.12. The van der Waals surface area contributed by atoms with E-state index in [1.807, 2.05) is 38.1 Å². The first kappa shape index (κ1) is 18.0. The normalized spacial score (nSPS) is 11.0. The van der Waals surface area contributed by atoms with Crippen LogP contribution in [-0.2, 0) is 13.1 Å². The SMILES string of the molecule is CC(C)c1cc(C(=O)CNCc2cccc(CN)c2)c(O)cc1O. The number of benzene rings is 2. The standard InChI is InChI=1S/C19H24N2O3/c1-12(2)15-7-16(18(23)8-17(15)22)19(24)11-21-10-14-5-3-4-13(6-14)9-20/h3-8,12,21-23H,9-11,20H2,1-2H3. The largest absolute Gasteiger partial charge is 0.508 e. The predicted octanol–water partition coefficient (Wildman–Crippen LogP) is 2.65. The fourth-order valence-electron chi connectivity index (χ4n) is 2.56. The zero-order valence-electron chi connectivity index (χ0n) is 14.0. The summed E-state index contributed by atoms with van der Waals surface area (Å²) in [6, 6.07) is 10.6. The van der Waals surface area contributed by atoms with Crippen LogP contribution < -0.4 is 11.1 Å². The number of hydrogen-bond acceptors (Lipinski definition) is 5. The predicted molar refractivity (Wildman–Crippen MR) is 94.2 cm³/mol.